The molecule has 0 bridgehead atoms. The van der Waals surface area contributed by atoms with Crippen LogP contribution in [0.3, 0.4) is 0 Å². The van der Waals surface area contributed by atoms with Gasteiger partial charge in [0.25, 0.3) is 0 Å². The van der Waals surface area contributed by atoms with Gasteiger partial charge in [0.1, 0.15) is 0 Å². The summed E-state index contributed by atoms with van der Waals surface area (Å²) in [5.74, 6) is 0.508. The third kappa shape index (κ3) is 4.68. The third-order valence-electron chi connectivity index (χ3n) is 4.95. The number of hydrogen-bond donors (Lipinski definition) is 1. The first kappa shape index (κ1) is 16.8. The van der Waals surface area contributed by atoms with Crippen molar-refractivity contribution in [2.45, 2.75) is 76.9 Å². The van der Waals surface area contributed by atoms with Crippen LogP contribution in [-0.2, 0) is 9.53 Å². The van der Waals surface area contributed by atoms with Crippen molar-refractivity contribution >= 4 is 5.91 Å². The van der Waals surface area contributed by atoms with Crippen molar-refractivity contribution in [2.24, 2.45) is 5.92 Å². The van der Waals surface area contributed by atoms with E-state index in [0.29, 0.717) is 18.9 Å². The zero-order valence-corrected chi connectivity index (χ0v) is 13.4. The fourth-order valence-corrected chi connectivity index (χ4v) is 3.85. The van der Waals surface area contributed by atoms with Crippen LogP contribution in [-0.4, -0.2) is 47.8 Å². The Kier molecular flexibility index (Phi) is 6.97. The predicted molar refractivity (Wildman–Crippen MR) is 83.0 cm³/mol. The molecule has 1 saturated heterocycles. The minimum absolute atomic E-state index is 0.214. The van der Waals surface area contributed by atoms with Gasteiger partial charge in [0, 0.05) is 25.1 Å². The molecule has 21 heavy (non-hydrogen) atoms. The van der Waals surface area contributed by atoms with E-state index in [4.69, 9.17) is 4.74 Å². The van der Waals surface area contributed by atoms with Crippen LogP contribution in [0.4, 0.5) is 0 Å². The fraction of sp³-hybridized carbons (Fsp3) is 0.941. The molecule has 1 heterocycles. The summed E-state index contributed by atoms with van der Waals surface area (Å²) in [4.78, 5) is 14.5. The van der Waals surface area contributed by atoms with Gasteiger partial charge in [-0.2, -0.15) is 0 Å². The summed E-state index contributed by atoms with van der Waals surface area (Å²) < 4.78 is 5.45. The largest absolute Gasteiger partial charge is 0.393 e. The summed E-state index contributed by atoms with van der Waals surface area (Å²) in [6, 6.07) is 0.257. The monoisotopic (exact) mass is 297 g/mol. The van der Waals surface area contributed by atoms with E-state index in [1.165, 1.54) is 12.8 Å². The number of carbonyl (C=O) groups is 1. The van der Waals surface area contributed by atoms with Gasteiger partial charge in [0.05, 0.1) is 19.1 Å². The first-order valence-electron chi connectivity index (χ1n) is 8.79. The van der Waals surface area contributed by atoms with Crippen LogP contribution in [0.5, 0.6) is 0 Å². The van der Waals surface area contributed by atoms with Crippen LogP contribution in [0.1, 0.15) is 64.7 Å². The van der Waals surface area contributed by atoms with Crippen molar-refractivity contribution in [2.75, 3.05) is 19.8 Å². The maximum Gasteiger partial charge on any atom is 0.225 e. The van der Waals surface area contributed by atoms with E-state index in [1.807, 2.05) is 0 Å². The Morgan fingerprint density at radius 3 is 2.67 bits per heavy atom. The molecule has 1 aliphatic carbocycles. The maximum atomic E-state index is 12.5. The summed E-state index contributed by atoms with van der Waals surface area (Å²) in [5, 5.41) is 10.3. The lowest BCUT2D eigenvalue weighted by molar-refractivity contribution is -0.139. The average Bonchev–Trinajstić information content (AvgIpc) is 2.52. The second-order valence-electron chi connectivity index (χ2n) is 6.53. The van der Waals surface area contributed by atoms with Crippen molar-refractivity contribution in [3.63, 3.8) is 0 Å². The van der Waals surface area contributed by atoms with Crippen LogP contribution in [0, 0.1) is 5.92 Å². The highest BCUT2D eigenvalue weighted by atomic mass is 16.5. The summed E-state index contributed by atoms with van der Waals surface area (Å²) >= 11 is 0. The quantitative estimate of drug-likeness (QED) is 0.767. The lowest BCUT2D eigenvalue weighted by atomic mass is 9.78. The summed E-state index contributed by atoms with van der Waals surface area (Å²) in [6.45, 7) is 4.20. The summed E-state index contributed by atoms with van der Waals surface area (Å²) in [5.41, 5.74) is 0. The van der Waals surface area contributed by atoms with Gasteiger partial charge >= 0.3 is 0 Å². The zero-order valence-electron chi connectivity index (χ0n) is 13.4. The van der Waals surface area contributed by atoms with Crippen LogP contribution in [0.15, 0.2) is 0 Å². The normalized spacial score (nSPS) is 30.4. The molecule has 0 radical (unpaired) electrons. The van der Waals surface area contributed by atoms with Crippen molar-refractivity contribution < 1.29 is 14.6 Å². The van der Waals surface area contributed by atoms with Crippen molar-refractivity contribution in [3.8, 4) is 0 Å². The van der Waals surface area contributed by atoms with Crippen LogP contribution >= 0.6 is 0 Å². The molecule has 4 nitrogen and oxygen atoms in total. The highest BCUT2D eigenvalue weighted by Crippen LogP contribution is 2.34. The molecule has 3 unspecified atom stereocenters. The number of hydrogen-bond acceptors (Lipinski definition) is 3. The number of nitrogens with zero attached hydrogens (tertiary/aromatic N) is 1. The van der Waals surface area contributed by atoms with Crippen LogP contribution < -0.4 is 0 Å². The molecule has 3 atom stereocenters. The molecular formula is C17H31NO3. The maximum absolute atomic E-state index is 12.5. The van der Waals surface area contributed by atoms with E-state index in [2.05, 4.69) is 11.8 Å². The lowest BCUT2D eigenvalue weighted by Gasteiger charge is -2.43. The molecule has 1 aliphatic heterocycles. The van der Waals surface area contributed by atoms with Gasteiger partial charge in [-0.25, -0.2) is 0 Å². The first-order chi connectivity index (χ1) is 10.2. The Hall–Kier alpha value is -0.610. The smallest absolute Gasteiger partial charge is 0.225 e. The minimum Gasteiger partial charge on any atom is -0.393 e. The third-order valence-corrected chi connectivity index (χ3v) is 4.95. The highest BCUT2D eigenvalue weighted by Gasteiger charge is 2.37. The Morgan fingerprint density at radius 2 is 1.90 bits per heavy atom. The van der Waals surface area contributed by atoms with Gasteiger partial charge in [-0.05, 0) is 38.5 Å². The molecule has 4 heteroatoms. The molecule has 0 spiro atoms. The summed E-state index contributed by atoms with van der Waals surface area (Å²) in [7, 11) is 0. The van der Waals surface area contributed by atoms with Crippen LogP contribution in [0.2, 0.25) is 0 Å². The Bertz CT molecular complexity index is 321. The van der Waals surface area contributed by atoms with Gasteiger partial charge in [0.2, 0.25) is 5.91 Å². The number of aliphatic hydroxyl groups is 1. The van der Waals surface area contributed by atoms with Gasteiger partial charge in [-0.1, -0.05) is 19.8 Å². The van der Waals surface area contributed by atoms with Crippen LogP contribution in [0.25, 0.3) is 0 Å². The number of rotatable bonds is 6. The lowest BCUT2D eigenvalue weighted by Crippen LogP contribution is -2.51. The fourth-order valence-electron chi connectivity index (χ4n) is 3.85. The molecule has 1 saturated carbocycles. The minimum atomic E-state index is -0.214. The van der Waals surface area contributed by atoms with E-state index < -0.39 is 0 Å². The predicted octanol–water partition coefficient (Wildman–Crippen LogP) is 2.74. The highest BCUT2D eigenvalue weighted by molar-refractivity contribution is 5.76. The Balaban J connectivity index is 1.89. The molecule has 1 N–H and O–H groups in total. The van der Waals surface area contributed by atoms with Gasteiger partial charge in [-0.15, -0.1) is 0 Å². The second-order valence-corrected chi connectivity index (χ2v) is 6.53. The number of carbonyl (C=O) groups excluding carboxylic acids is 1. The van der Waals surface area contributed by atoms with Crippen molar-refractivity contribution in [1.82, 2.24) is 4.90 Å². The molecule has 2 aliphatic rings. The standard InChI is InChI=1S/C17H31NO3/c1-2-12-21-13-10-17(20)18-11-6-5-8-15(18)14-7-3-4-9-16(14)19/h14-16,19H,2-13H2,1H3. The van der Waals surface area contributed by atoms with Gasteiger partial charge < -0.3 is 14.7 Å². The number of aliphatic hydroxyl groups excluding tert-OH is 1. The van der Waals surface area contributed by atoms with Crippen molar-refractivity contribution in [1.29, 1.82) is 0 Å². The molecule has 1 amide bonds. The second kappa shape index (κ2) is 8.74. The zero-order chi connectivity index (χ0) is 15.1. The number of ether oxygens (including phenoxy) is 1. The van der Waals surface area contributed by atoms with E-state index in [-0.39, 0.29) is 18.1 Å². The molecule has 0 aromatic rings. The van der Waals surface area contributed by atoms with E-state index >= 15 is 0 Å². The number of likely N-dealkylation sites (tertiary alicyclic amines) is 1. The van der Waals surface area contributed by atoms with E-state index in [1.54, 1.807) is 0 Å². The number of piperidine rings is 1. The van der Waals surface area contributed by atoms with E-state index in [9.17, 15) is 9.90 Å². The molecule has 122 valence electrons. The number of amides is 1. The molecule has 2 fully saturated rings. The average molecular weight is 297 g/mol. The van der Waals surface area contributed by atoms with Crippen molar-refractivity contribution in [3.05, 3.63) is 0 Å². The Labute approximate surface area is 128 Å². The first-order valence-corrected chi connectivity index (χ1v) is 8.79. The molecule has 0 aromatic heterocycles. The van der Waals surface area contributed by atoms with Gasteiger partial charge in [-0.3, -0.25) is 4.79 Å². The topological polar surface area (TPSA) is 49.8 Å². The molecule has 2 rings (SSSR count). The molecule has 0 aromatic carbocycles. The van der Waals surface area contributed by atoms with Gasteiger partial charge in [0.15, 0.2) is 0 Å². The van der Waals surface area contributed by atoms with E-state index in [0.717, 1.165) is 51.7 Å². The summed E-state index contributed by atoms with van der Waals surface area (Å²) in [6.07, 6.45) is 8.91. The molecular weight excluding hydrogens is 266 g/mol. The Morgan fingerprint density at radius 1 is 1.14 bits per heavy atom. The SMILES string of the molecule is CCCOCCC(=O)N1CCCCC1C1CCCCC1O.